The summed E-state index contributed by atoms with van der Waals surface area (Å²) >= 11 is 1.34. The fourth-order valence-corrected chi connectivity index (χ4v) is 3.20. The van der Waals surface area contributed by atoms with Gasteiger partial charge in [-0.05, 0) is 28.8 Å². The van der Waals surface area contributed by atoms with Crippen LogP contribution in [0.2, 0.25) is 0 Å². The predicted octanol–water partition coefficient (Wildman–Crippen LogP) is 2.51. The summed E-state index contributed by atoms with van der Waals surface area (Å²) in [7, 11) is 1.76. The number of hydrogen-bond acceptors (Lipinski definition) is 5. The van der Waals surface area contributed by atoms with Crippen LogP contribution in [-0.4, -0.2) is 38.4 Å². The lowest BCUT2D eigenvalue weighted by molar-refractivity contribution is -0.116. The summed E-state index contributed by atoms with van der Waals surface area (Å²) in [5.41, 5.74) is 0.937. The summed E-state index contributed by atoms with van der Waals surface area (Å²) in [4.78, 5) is 14.5. The second kappa shape index (κ2) is 6.78. The van der Waals surface area contributed by atoms with Crippen LogP contribution in [-0.2, 0) is 11.8 Å². The predicted molar refractivity (Wildman–Crippen MR) is 91.5 cm³/mol. The Kier molecular flexibility index (Phi) is 4.57. The number of aryl methyl sites for hydroxylation is 1. The van der Waals surface area contributed by atoms with E-state index in [4.69, 9.17) is 0 Å². The molecule has 0 bridgehead atoms. The van der Waals surface area contributed by atoms with Gasteiger partial charge in [-0.25, -0.2) is 4.68 Å². The average molecular weight is 327 g/mol. The first-order chi connectivity index (χ1) is 11.2. The largest absolute Gasteiger partial charge is 0.311 e. The van der Waals surface area contributed by atoms with E-state index in [2.05, 4.69) is 27.7 Å². The van der Waals surface area contributed by atoms with Gasteiger partial charge >= 0.3 is 0 Å². The zero-order valence-electron chi connectivity index (χ0n) is 13.0. The molecule has 6 nitrogen and oxygen atoms in total. The molecular formula is C16H17N5OS. The van der Waals surface area contributed by atoms with Gasteiger partial charge in [0.05, 0.1) is 11.4 Å². The van der Waals surface area contributed by atoms with Crippen molar-refractivity contribution in [1.29, 1.82) is 0 Å². The SMILES string of the molecule is CCN(C(=O)CSc1nnnn1C)c1cccc2ccccc12. The van der Waals surface area contributed by atoms with Crippen molar-refractivity contribution in [3.8, 4) is 0 Å². The van der Waals surface area contributed by atoms with Crippen molar-refractivity contribution in [2.75, 3.05) is 17.2 Å². The number of anilines is 1. The molecule has 0 saturated heterocycles. The Balaban J connectivity index is 1.83. The van der Waals surface area contributed by atoms with Crippen LogP contribution >= 0.6 is 11.8 Å². The Labute approximate surface area is 138 Å². The third kappa shape index (κ3) is 3.19. The highest BCUT2D eigenvalue weighted by Crippen LogP contribution is 2.27. The van der Waals surface area contributed by atoms with E-state index < -0.39 is 0 Å². The summed E-state index contributed by atoms with van der Waals surface area (Å²) in [5.74, 6) is 0.336. The van der Waals surface area contributed by atoms with E-state index in [9.17, 15) is 4.79 Å². The third-order valence-corrected chi connectivity index (χ3v) is 4.58. The van der Waals surface area contributed by atoms with Crippen molar-refractivity contribution in [2.45, 2.75) is 12.1 Å². The van der Waals surface area contributed by atoms with Crippen LogP contribution in [0, 0.1) is 0 Å². The minimum Gasteiger partial charge on any atom is -0.311 e. The standard InChI is InChI=1S/C16H17N5OS/c1-3-21(15(22)11-23-16-17-18-19-20(16)2)14-10-6-8-12-7-4-5-9-13(12)14/h4-10H,3,11H2,1-2H3. The lowest BCUT2D eigenvalue weighted by Gasteiger charge is -2.22. The molecular weight excluding hydrogens is 310 g/mol. The smallest absolute Gasteiger partial charge is 0.237 e. The minimum atomic E-state index is 0.0388. The van der Waals surface area contributed by atoms with Gasteiger partial charge in [0, 0.05) is 19.0 Å². The first-order valence-electron chi connectivity index (χ1n) is 7.34. The Morgan fingerprint density at radius 1 is 1.22 bits per heavy atom. The van der Waals surface area contributed by atoms with E-state index in [0.29, 0.717) is 17.5 Å². The second-order valence-electron chi connectivity index (χ2n) is 5.01. The van der Waals surface area contributed by atoms with Gasteiger partial charge < -0.3 is 4.90 Å². The van der Waals surface area contributed by atoms with Crippen molar-refractivity contribution < 1.29 is 4.79 Å². The first-order valence-corrected chi connectivity index (χ1v) is 8.32. The van der Waals surface area contributed by atoms with E-state index in [1.165, 1.54) is 11.8 Å². The molecule has 1 amide bonds. The van der Waals surface area contributed by atoms with Gasteiger partial charge in [-0.3, -0.25) is 4.79 Å². The molecule has 0 radical (unpaired) electrons. The molecule has 0 fully saturated rings. The summed E-state index contributed by atoms with van der Waals surface area (Å²) in [6, 6.07) is 14.1. The molecule has 1 aromatic heterocycles. The normalized spacial score (nSPS) is 10.9. The number of carbonyl (C=O) groups is 1. The van der Waals surface area contributed by atoms with Crippen molar-refractivity contribution >= 4 is 34.1 Å². The number of hydrogen-bond donors (Lipinski definition) is 0. The molecule has 0 aliphatic rings. The molecule has 23 heavy (non-hydrogen) atoms. The average Bonchev–Trinajstić information content (AvgIpc) is 2.99. The molecule has 2 aromatic carbocycles. The fourth-order valence-electron chi connectivity index (χ4n) is 2.47. The van der Waals surface area contributed by atoms with Crippen molar-refractivity contribution in [2.24, 2.45) is 7.05 Å². The molecule has 0 atom stereocenters. The number of thioether (sulfide) groups is 1. The molecule has 7 heteroatoms. The van der Waals surface area contributed by atoms with Gasteiger partial charge in [-0.15, -0.1) is 5.10 Å². The quantitative estimate of drug-likeness (QED) is 0.674. The van der Waals surface area contributed by atoms with E-state index in [1.54, 1.807) is 16.6 Å². The molecule has 3 rings (SSSR count). The van der Waals surface area contributed by atoms with E-state index in [-0.39, 0.29) is 5.91 Å². The van der Waals surface area contributed by atoms with Crippen molar-refractivity contribution in [3.63, 3.8) is 0 Å². The van der Waals surface area contributed by atoms with Gasteiger partial charge in [-0.1, -0.05) is 48.2 Å². The maximum absolute atomic E-state index is 12.7. The lowest BCUT2D eigenvalue weighted by atomic mass is 10.1. The van der Waals surface area contributed by atoms with Crippen LogP contribution in [0.5, 0.6) is 0 Å². The Morgan fingerprint density at radius 2 is 2.00 bits per heavy atom. The van der Waals surface area contributed by atoms with Crippen LogP contribution < -0.4 is 4.90 Å². The monoisotopic (exact) mass is 327 g/mol. The fraction of sp³-hybridized carbons (Fsp3) is 0.250. The highest BCUT2D eigenvalue weighted by molar-refractivity contribution is 7.99. The zero-order valence-corrected chi connectivity index (χ0v) is 13.8. The van der Waals surface area contributed by atoms with Crippen LogP contribution in [0.15, 0.2) is 47.6 Å². The molecule has 0 unspecified atom stereocenters. The summed E-state index contributed by atoms with van der Waals surface area (Å²) < 4.78 is 1.56. The minimum absolute atomic E-state index is 0.0388. The van der Waals surface area contributed by atoms with Crippen LogP contribution in [0.3, 0.4) is 0 Å². The van der Waals surface area contributed by atoms with Gasteiger partial charge in [0.15, 0.2) is 0 Å². The number of aromatic nitrogens is 4. The Bertz CT molecular complexity index is 827. The molecule has 3 aromatic rings. The maximum Gasteiger partial charge on any atom is 0.237 e. The van der Waals surface area contributed by atoms with Crippen LogP contribution in [0.4, 0.5) is 5.69 Å². The van der Waals surface area contributed by atoms with E-state index in [0.717, 1.165) is 16.5 Å². The van der Waals surface area contributed by atoms with E-state index in [1.807, 2.05) is 37.3 Å². The maximum atomic E-state index is 12.7. The summed E-state index contributed by atoms with van der Waals surface area (Å²) in [6.07, 6.45) is 0. The Morgan fingerprint density at radius 3 is 2.74 bits per heavy atom. The third-order valence-electron chi connectivity index (χ3n) is 3.58. The molecule has 0 spiro atoms. The number of nitrogens with zero attached hydrogens (tertiary/aromatic N) is 5. The van der Waals surface area contributed by atoms with Gasteiger partial charge in [0.2, 0.25) is 11.1 Å². The van der Waals surface area contributed by atoms with Crippen LogP contribution in [0.25, 0.3) is 10.8 Å². The number of benzene rings is 2. The van der Waals surface area contributed by atoms with Gasteiger partial charge in [0.1, 0.15) is 0 Å². The number of amides is 1. The van der Waals surface area contributed by atoms with Gasteiger partial charge in [-0.2, -0.15) is 0 Å². The van der Waals surface area contributed by atoms with Crippen molar-refractivity contribution in [1.82, 2.24) is 20.2 Å². The highest BCUT2D eigenvalue weighted by atomic mass is 32.2. The zero-order chi connectivity index (χ0) is 16.2. The number of rotatable bonds is 5. The van der Waals surface area contributed by atoms with Crippen molar-refractivity contribution in [3.05, 3.63) is 42.5 Å². The number of carbonyl (C=O) groups excluding carboxylic acids is 1. The number of tetrazole rings is 1. The van der Waals surface area contributed by atoms with Crippen LogP contribution in [0.1, 0.15) is 6.92 Å². The molecule has 0 aliphatic heterocycles. The number of fused-ring (bicyclic) bond motifs is 1. The first kappa shape index (κ1) is 15.5. The summed E-state index contributed by atoms with van der Waals surface area (Å²) in [5, 5.41) is 14.1. The molecule has 118 valence electrons. The molecule has 0 aliphatic carbocycles. The second-order valence-corrected chi connectivity index (χ2v) is 5.95. The Hall–Kier alpha value is -2.41. The summed E-state index contributed by atoms with van der Waals surface area (Å²) in [6.45, 7) is 2.60. The topological polar surface area (TPSA) is 63.9 Å². The molecule has 0 saturated carbocycles. The molecule has 0 N–H and O–H groups in total. The highest BCUT2D eigenvalue weighted by Gasteiger charge is 2.17. The lowest BCUT2D eigenvalue weighted by Crippen LogP contribution is -2.32. The van der Waals surface area contributed by atoms with E-state index >= 15 is 0 Å². The molecule has 1 heterocycles. The van der Waals surface area contributed by atoms with Gasteiger partial charge in [0.25, 0.3) is 0 Å².